The molecule has 0 aromatic heterocycles. The summed E-state index contributed by atoms with van der Waals surface area (Å²) in [7, 11) is 0. The van der Waals surface area contributed by atoms with Crippen LogP contribution in [0.15, 0.2) is 65.3 Å². The van der Waals surface area contributed by atoms with Crippen molar-refractivity contribution < 1.29 is 9.50 Å². The van der Waals surface area contributed by atoms with Crippen molar-refractivity contribution in [3.63, 3.8) is 0 Å². The summed E-state index contributed by atoms with van der Waals surface area (Å²) >= 11 is 0. The molecule has 0 saturated heterocycles. The first-order chi connectivity index (χ1) is 12.6. The molecule has 26 heavy (non-hydrogen) atoms. The highest BCUT2D eigenvalue weighted by atomic mass is 19.1. The molecule has 0 amide bonds. The van der Waals surface area contributed by atoms with Gasteiger partial charge in [0.05, 0.1) is 0 Å². The Labute approximate surface area is 154 Å². The van der Waals surface area contributed by atoms with Crippen LogP contribution in [0.2, 0.25) is 0 Å². The van der Waals surface area contributed by atoms with Gasteiger partial charge in [-0.15, -0.1) is 0 Å². The van der Waals surface area contributed by atoms with Crippen molar-refractivity contribution in [3.05, 3.63) is 77.2 Å². The van der Waals surface area contributed by atoms with Crippen LogP contribution >= 0.6 is 0 Å². The topological polar surface area (TPSA) is 35.8 Å². The number of nitrogens with zero attached hydrogens (tertiary/aromatic N) is 2. The number of rotatable bonds is 6. The minimum atomic E-state index is -0.259. The third-order valence-corrected chi connectivity index (χ3v) is 4.70. The molecule has 1 aliphatic rings. The molecule has 2 aromatic carbocycles. The summed E-state index contributed by atoms with van der Waals surface area (Å²) in [6.07, 6.45) is 4.64. The van der Waals surface area contributed by atoms with Gasteiger partial charge in [0.1, 0.15) is 11.6 Å². The Morgan fingerprint density at radius 1 is 1.12 bits per heavy atom. The molecule has 136 valence electrons. The van der Waals surface area contributed by atoms with E-state index in [1.807, 2.05) is 31.2 Å². The Morgan fingerprint density at radius 2 is 1.92 bits per heavy atom. The minimum Gasteiger partial charge on any atom is -0.508 e. The molecule has 1 atom stereocenters. The van der Waals surface area contributed by atoms with Crippen LogP contribution in [0.4, 0.5) is 4.39 Å². The molecule has 0 spiro atoms. The largest absolute Gasteiger partial charge is 0.508 e. The molecular formula is C22H25FN2O. The molecule has 1 heterocycles. The maximum absolute atomic E-state index is 13.5. The van der Waals surface area contributed by atoms with Crippen LogP contribution in [0.25, 0.3) is 0 Å². The summed E-state index contributed by atoms with van der Waals surface area (Å²) in [5, 5.41) is 10.3. The van der Waals surface area contributed by atoms with Crippen molar-refractivity contribution in [3.8, 4) is 5.75 Å². The number of hydrogen-bond acceptors (Lipinski definition) is 3. The normalized spacial score (nSPS) is 17.0. The Kier molecular flexibility index (Phi) is 5.71. The molecule has 0 bridgehead atoms. The molecule has 1 unspecified atom stereocenters. The van der Waals surface area contributed by atoms with Gasteiger partial charge >= 0.3 is 0 Å². The fraction of sp³-hybridized carbons (Fsp3) is 0.318. The number of para-hydroxylation sites is 1. The second-order valence-corrected chi connectivity index (χ2v) is 6.67. The Morgan fingerprint density at radius 3 is 2.65 bits per heavy atom. The van der Waals surface area contributed by atoms with Crippen LogP contribution in [0.5, 0.6) is 5.75 Å². The number of halogens is 1. The molecule has 3 nitrogen and oxygen atoms in total. The van der Waals surface area contributed by atoms with Gasteiger partial charge in [-0.2, -0.15) is 0 Å². The summed E-state index contributed by atoms with van der Waals surface area (Å²) in [5.74, 6) is 0.0339. The van der Waals surface area contributed by atoms with Gasteiger partial charge < -0.3 is 10.0 Å². The average molecular weight is 352 g/mol. The van der Waals surface area contributed by atoms with E-state index in [1.165, 1.54) is 11.6 Å². The van der Waals surface area contributed by atoms with Crippen LogP contribution in [0, 0.1) is 5.82 Å². The summed E-state index contributed by atoms with van der Waals surface area (Å²) in [6.45, 7) is 4.88. The lowest BCUT2D eigenvalue weighted by molar-refractivity contribution is 0.277. The van der Waals surface area contributed by atoms with E-state index in [9.17, 15) is 9.50 Å². The molecule has 4 heteroatoms. The number of phenolic OH excluding ortho intramolecular Hbond substituents is 1. The first-order valence-electron chi connectivity index (χ1n) is 9.12. The molecular weight excluding hydrogens is 327 g/mol. The van der Waals surface area contributed by atoms with Crippen molar-refractivity contribution in [2.75, 3.05) is 6.54 Å². The molecule has 1 aliphatic heterocycles. The van der Waals surface area contributed by atoms with E-state index in [4.69, 9.17) is 4.99 Å². The Hall–Kier alpha value is -2.62. The number of aromatic hydroxyl groups is 1. The third-order valence-electron chi connectivity index (χ3n) is 4.70. The highest BCUT2D eigenvalue weighted by Gasteiger charge is 2.24. The zero-order valence-electron chi connectivity index (χ0n) is 15.3. The van der Waals surface area contributed by atoms with E-state index >= 15 is 0 Å². The highest BCUT2D eigenvalue weighted by Crippen LogP contribution is 2.34. The van der Waals surface area contributed by atoms with Gasteiger partial charge in [-0.05, 0) is 49.1 Å². The molecule has 3 rings (SSSR count). The quantitative estimate of drug-likeness (QED) is 0.772. The number of phenols is 1. The zero-order chi connectivity index (χ0) is 18.5. The summed E-state index contributed by atoms with van der Waals surface area (Å²) in [6, 6.07) is 14.0. The van der Waals surface area contributed by atoms with Gasteiger partial charge in [0.25, 0.3) is 0 Å². The fourth-order valence-corrected chi connectivity index (χ4v) is 3.31. The Balaban J connectivity index is 1.87. The Bertz CT molecular complexity index is 828. The molecule has 0 saturated carbocycles. The minimum absolute atomic E-state index is 0.213. The molecule has 0 aliphatic carbocycles. The van der Waals surface area contributed by atoms with E-state index in [0.29, 0.717) is 13.0 Å². The van der Waals surface area contributed by atoms with Crippen molar-refractivity contribution >= 4 is 5.71 Å². The highest BCUT2D eigenvalue weighted by molar-refractivity contribution is 5.98. The van der Waals surface area contributed by atoms with Gasteiger partial charge in [-0.3, -0.25) is 4.99 Å². The first-order valence-corrected chi connectivity index (χ1v) is 9.12. The van der Waals surface area contributed by atoms with Gasteiger partial charge in [0.2, 0.25) is 0 Å². The lowest BCUT2D eigenvalue weighted by Gasteiger charge is -2.33. The summed E-state index contributed by atoms with van der Waals surface area (Å²) in [5.41, 5.74) is 3.98. The second kappa shape index (κ2) is 8.17. The van der Waals surface area contributed by atoms with Crippen LogP contribution in [-0.4, -0.2) is 22.3 Å². The predicted molar refractivity (Wildman–Crippen MR) is 104 cm³/mol. The van der Waals surface area contributed by atoms with E-state index in [0.717, 1.165) is 29.7 Å². The molecule has 0 fully saturated rings. The van der Waals surface area contributed by atoms with Gasteiger partial charge in [-0.25, -0.2) is 4.39 Å². The fourth-order valence-electron chi connectivity index (χ4n) is 3.31. The van der Waals surface area contributed by atoms with Crippen LogP contribution in [0.1, 0.15) is 44.0 Å². The van der Waals surface area contributed by atoms with E-state index in [-0.39, 0.29) is 17.7 Å². The number of allylic oxidation sites excluding steroid dienone is 1. The predicted octanol–water partition coefficient (Wildman–Crippen LogP) is 5.23. The monoisotopic (exact) mass is 352 g/mol. The smallest absolute Gasteiger partial charge is 0.150 e. The third kappa shape index (κ3) is 4.13. The zero-order valence-corrected chi connectivity index (χ0v) is 15.3. The first kappa shape index (κ1) is 18.2. The summed E-state index contributed by atoms with van der Waals surface area (Å²) < 4.78 is 13.5. The van der Waals surface area contributed by atoms with E-state index in [1.54, 1.807) is 18.2 Å². The van der Waals surface area contributed by atoms with E-state index in [2.05, 4.69) is 18.0 Å². The van der Waals surface area contributed by atoms with Crippen molar-refractivity contribution in [2.45, 2.75) is 39.3 Å². The number of aliphatic imine (C=N–C) groups is 1. The second-order valence-electron chi connectivity index (χ2n) is 6.67. The van der Waals surface area contributed by atoms with Gasteiger partial charge in [0.15, 0.2) is 6.17 Å². The SMILES string of the molecule is CCCC1=CN(CCc2cccc(F)c2)C(c2ccccc2O)N=C1C. The number of hydrogen-bond donors (Lipinski definition) is 1. The lowest BCUT2D eigenvalue weighted by Crippen LogP contribution is -2.30. The van der Waals surface area contributed by atoms with E-state index < -0.39 is 0 Å². The number of benzene rings is 2. The van der Waals surface area contributed by atoms with Crippen LogP contribution < -0.4 is 0 Å². The van der Waals surface area contributed by atoms with Crippen LogP contribution in [0.3, 0.4) is 0 Å². The van der Waals surface area contributed by atoms with Gasteiger partial charge in [-0.1, -0.05) is 43.7 Å². The molecule has 2 aromatic rings. The molecule has 0 radical (unpaired) electrons. The van der Waals surface area contributed by atoms with Crippen LogP contribution in [-0.2, 0) is 6.42 Å². The van der Waals surface area contributed by atoms with Crippen molar-refractivity contribution in [2.24, 2.45) is 4.99 Å². The summed E-state index contributed by atoms with van der Waals surface area (Å²) in [4.78, 5) is 7.02. The lowest BCUT2D eigenvalue weighted by atomic mass is 10.0. The van der Waals surface area contributed by atoms with Crippen molar-refractivity contribution in [1.29, 1.82) is 0 Å². The standard InChI is InChI=1S/C22H25FN2O/c1-3-7-18-15-25(13-12-17-8-6-9-19(23)14-17)22(24-16(18)2)20-10-4-5-11-21(20)26/h4-6,8-11,14-15,22,26H,3,7,12-13H2,1-2H3. The van der Waals surface area contributed by atoms with Crippen molar-refractivity contribution in [1.82, 2.24) is 4.90 Å². The average Bonchev–Trinajstić information content (AvgIpc) is 2.63. The maximum Gasteiger partial charge on any atom is 0.150 e. The molecule has 1 N–H and O–H groups in total. The maximum atomic E-state index is 13.5. The van der Waals surface area contributed by atoms with Gasteiger partial charge in [0, 0.05) is 24.0 Å².